The summed E-state index contributed by atoms with van der Waals surface area (Å²) >= 11 is 0. The van der Waals surface area contributed by atoms with Crippen molar-refractivity contribution in [2.75, 3.05) is 0 Å². The van der Waals surface area contributed by atoms with Gasteiger partial charge < -0.3 is 0 Å². The van der Waals surface area contributed by atoms with E-state index < -0.39 is 0 Å². The molecule has 0 nitrogen and oxygen atoms in total. The Morgan fingerprint density at radius 2 is 1.50 bits per heavy atom. The number of hydrogen-bond donors (Lipinski definition) is 0. The van der Waals surface area contributed by atoms with Crippen LogP contribution < -0.4 is 0 Å². The van der Waals surface area contributed by atoms with Crippen molar-refractivity contribution in [2.45, 2.75) is 58.3 Å². The first-order valence-electron chi connectivity index (χ1n) is 6.64. The quantitative estimate of drug-likeness (QED) is 0.627. The molecule has 4 saturated carbocycles. The molecule has 0 atom stereocenters. The van der Waals surface area contributed by atoms with Crippen LogP contribution in [-0.2, 0) is 0 Å². The van der Waals surface area contributed by atoms with Gasteiger partial charge in [0.15, 0.2) is 0 Å². The molecule has 4 aliphatic rings. The van der Waals surface area contributed by atoms with Crippen molar-refractivity contribution in [3.63, 3.8) is 0 Å². The Bertz CT molecular complexity index is 181. The predicted octanol–water partition coefficient (Wildman–Crippen LogP) is 4.21. The Balaban J connectivity index is 1.74. The van der Waals surface area contributed by atoms with Crippen LogP contribution in [0.25, 0.3) is 0 Å². The maximum atomic E-state index is 2.72. The highest BCUT2D eigenvalue weighted by Crippen LogP contribution is 2.61. The van der Waals surface area contributed by atoms with Crippen molar-refractivity contribution in [3.05, 3.63) is 6.42 Å². The van der Waals surface area contributed by atoms with E-state index in [0.717, 1.165) is 23.2 Å². The normalized spacial score (nSPS) is 49.9. The molecule has 0 aromatic carbocycles. The molecule has 4 rings (SSSR count). The Morgan fingerprint density at radius 1 is 1.00 bits per heavy atom. The van der Waals surface area contributed by atoms with E-state index in [1.165, 1.54) is 12.8 Å². The first-order chi connectivity index (χ1) is 6.80. The first kappa shape index (κ1) is 9.24. The molecule has 1 radical (unpaired) electrons. The summed E-state index contributed by atoms with van der Waals surface area (Å²) in [5.74, 6) is 3.36. The molecule has 4 bridgehead atoms. The Hall–Kier alpha value is 0. The van der Waals surface area contributed by atoms with Gasteiger partial charge in [0.1, 0.15) is 0 Å². The fraction of sp³-hybridized carbons (Fsp3) is 0.929. The van der Waals surface area contributed by atoms with Crippen molar-refractivity contribution >= 4 is 0 Å². The molecule has 4 fully saturated rings. The lowest BCUT2D eigenvalue weighted by atomic mass is 9.48. The van der Waals surface area contributed by atoms with Crippen LogP contribution in [0.5, 0.6) is 0 Å². The molecule has 0 aromatic rings. The van der Waals surface area contributed by atoms with Crippen LogP contribution in [0.3, 0.4) is 0 Å². The van der Waals surface area contributed by atoms with Crippen molar-refractivity contribution < 1.29 is 0 Å². The second kappa shape index (κ2) is 3.25. The molecular weight excluding hydrogens is 168 g/mol. The van der Waals surface area contributed by atoms with E-state index in [4.69, 9.17) is 0 Å². The van der Waals surface area contributed by atoms with Crippen molar-refractivity contribution in [2.24, 2.45) is 23.2 Å². The average Bonchev–Trinajstić information content (AvgIpc) is 2.12. The fourth-order valence-electron chi connectivity index (χ4n) is 4.88. The molecule has 79 valence electrons. The lowest BCUT2D eigenvalue weighted by Gasteiger charge is -2.57. The minimum absolute atomic E-state index is 0.727. The van der Waals surface area contributed by atoms with Gasteiger partial charge in [0, 0.05) is 0 Å². The largest absolute Gasteiger partial charge is 0.0654 e. The van der Waals surface area contributed by atoms with Gasteiger partial charge in [-0.25, -0.2) is 0 Å². The van der Waals surface area contributed by atoms with E-state index >= 15 is 0 Å². The summed E-state index contributed by atoms with van der Waals surface area (Å²) < 4.78 is 0. The molecule has 0 saturated heterocycles. The monoisotopic (exact) mass is 191 g/mol. The lowest BCUT2D eigenvalue weighted by Crippen LogP contribution is -2.46. The summed E-state index contributed by atoms with van der Waals surface area (Å²) in [6.07, 6.45) is 14.8. The Morgan fingerprint density at radius 3 is 1.93 bits per heavy atom. The molecule has 4 aliphatic carbocycles. The summed E-state index contributed by atoms with van der Waals surface area (Å²) in [6.45, 7) is 2.32. The Labute approximate surface area is 88.5 Å². The highest BCUT2D eigenvalue weighted by atomic mass is 14.5. The fourth-order valence-corrected chi connectivity index (χ4v) is 4.88. The maximum Gasteiger partial charge on any atom is -0.0258 e. The Kier molecular flexibility index (Phi) is 2.15. The molecule has 0 spiro atoms. The van der Waals surface area contributed by atoms with Crippen molar-refractivity contribution in [3.8, 4) is 0 Å². The number of hydrogen-bond acceptors (Lipinski definition) is 0. The van der Waals surface area contributed by atoms with Crippen LogP contribution in [-0.4, -0.2) is 0 Å². The van der Waals surface area contributed by atoms with Crippen LogP contribution in [0, 0.1) is 29.6 Å². The van der Waals surface area contributed by atoms with Gasteiger partial charge in [-0.1, -0.05) is 13.3 Å². The smallest absolute Gasteiger partial charge is 0.0258 e. The molecule has 0 aromatic heterocycles. The summed E-state index contributed by atoms with van der Waals surface area (Å²) in [5, 5.41) is 0. The highest BCUT2D eigenvalue weighted by Gasteiger charge is 2.50. The van der Waals surface area contributed by atoms with Gasteiger partial charge >= 0.3 is 0 Å². The highest BCUT2D eigenvalue weighted by molar-refractivity contribution is 5.06. The second-order valence-electron chi connectivity index (χ2n) is 6.27. The summed E-state index contributed by atoms with van der Waals surface area (Å²) in [4.78, 5) is 0. The summed E-state index contributed by atoms with van der Waals surface area (Å²) in [7, 11) is 0. The van der Waals surface area contributed by atoms with Gasteiger partial charge in [-0.05, 0) is 74.5 Å². The van der Waals surface area contributed by atoms with Gasteiger partial charge in [0.2, 0.25) is 0 Å². The van der Waals surface area contributed by atoms with Crippen LogP contribution in [0.15, 0.2) is 0 Å². The predicted molar refractivity (Wildman–Crippen MR) is 59.8 cm³/mol. The molecule has 0 amide bonds. The summed E-state index contributed by atoms with van der Waals surface area (Å²) in [5.41, 5.74) is 0.727. The lowest BCUT2D eigenvalue weighted by molar-refractivity contribution is -0.0346. The van der Waals surface area contributed by atoms with E-state index in [1.54, 1.807) is 38.5 Å². The standard InChI is InChI=1S/C14H23/c1-2-3-4-14-8-11-5-12(9-14)7-13(6-11)10-14/h4,11-13H,2-3,5-10H2,1H3. The second-order valence-corrected chi connectivity index (χ2v) is 6.27. The van der Waals surface area contributed by atoms with Gasteiger partial charge in [-0.15, -0.1) is 0 Å². The van der Waals surface area contributed by atoms with E-state index in [0.29, 0.717) is 0 Å². The van der Waals surface area contributed by atoms with Crippen LogP contribution >= 0.6 is 0 Å². The first-order valence-corrected chi connectivity index (χ1v) is 6.64. The molecule has 0 unspecified atom stereocenters. The zero-order valence-corrected chi connectivity index (χ0v) is 9.47. The average molecular weight is 191 g/mol. The maximum absolute atomic E-state index is 2.72. The van der Waals surface area contributed by atoms with E-state index in [1.807, 2.05) is 0 Å². The third kappa shape index (κ3) is 1.42. The third-order valence-corrected chi connectivity index (χ3v) is 4.95. The van der Waals surface area contributed by atoms with Gasteiger partial charge in [0.05, 0.1) is 0 Å². The molecular formula is C14H23. The van der Waals surface area contributed by atoms with Gasteiger partial charge in [-0.2, -0.15) is 0 Å². The zero-order chi connectivity index (χ0) is 9.60. The van der Waals surface area contributed by atoms with Gasteiger partial charge in [-0.3, -0.25) is 0 Å². The zero-order valence-electron chi connectivity index (χ0n) is 9.47. The third-order valence-electron chi connectivity index (χ3n) is 4.95. The topological polar surface area (TPSA) is 0 Å². The minimum Gasteiger partial charge on any atom is -0.0654 e. The van der Waals surface area contributed by atoms with Crippen LogP contribution in [0.2, 0.25) is 0 Å². The molecule has 0 N–H and O–H groups in total. The van der Waals surface area contributed by atoms with Crippen molar-refractivity contribution in [1.29, 1.82) is 0 Å². The van der Waals surface area contributed by atoms with E-state index in [2.05, 4.69) is 13.3 Å². The molecule has 0 heterocycles. The molecule has 0 heteroatoms. The molecule has 0 aliphatic heterocycles. The summed E-state index contributed by atoms with van der Waals surface area (Å²) in [6, 6.07) is 0. The number of rotatable bonds is 3. The van der Waals surface area contributed by atoms with Crippen LogP contribution in [0.1, 0.15) is 58.3 Å². The minimum atomic E-state index is 0.727. The van der Waals surface area contributed by atoms with E-state index in [-0.39, 0.29) is 0 Å². The van der Waals surface area contributed by atoms with Crippen molar-refractivity contribution in [1.82, 2.24) is 0 Å². The van der Waals surface area contributed by atoms with Crippen LogP contribution in [0.4, 0.5) is 0 Å². The SMILES string of the molecule is CCC[CH]C12CC3CC(CC(C3)C1)C2. The number of unbranched alkanes of at least 4 members (excludes halogenated alkanes) is 1. The van der Waals surface area contributed by atoms with Gasteiger partial charge in [0.25, 0.3) is 0 Å². The van der Waals surface area contributed by atoms with E-state index in [9.17, 15) is 0 Å². The molecule has 14 heavy (non-hydrogen) atoms.